The molecular formula is C21H25BrN2O4S. The van der Waals surface area contributed by atoms with Gasteiger partial charge in [-0.15, -0.1) is 0 Å². The number of piperidine rings is 1. The zero-order valence-electron chi connectivity index (χ0n) is 16.5. The zero-order valence-corrected chi connectivity index (χ0v) is 18.9. The van der Waals surface area contributed by atoms with Gasteiger partial charge in [0.05, 0.1) is 16.7 Å². The van der Waals surface area contributed by atoms with Gasteiger partial charge in [0.2, 0.25) is 0 Å². The van der Waals surface area contributed by atoms with Crippen LogP contribution in [-0.4, -0.2) is 45.0 Å². The second-order valence-corrected chi connectivity index (χ2v) is 9.60. The standard InChI is InChI=1S/C21H25BrN2O4S/c1-3-28-17-9-11-24(12-10-17)21(25)16-5-4-6-18(14-16)29(26,27)23-20-13-15(2)7-8-19(20)22/h4-8,13-14,17,23H,3,9-12H2,1-2H3. The molecule has 1 N–H and O–H groups in total. The van der Waals surface area contributed by atoms with Crippen molar-refractivity contribution in [3.05, 3.63) is 58.1 Å². The number of aryl methyl sites for hydroxylation is 1. The van der Waals surface area contributed by atoms with Crippen LogP contribution in [0.25, 0.3) is 0 Å². The van der Waals surface area contributed by atoms with Gasteiger partial charge >= 0.3 is 0 Å². The van der Waals surface area contributed by atoms with Crippen LogP contribution >= 0.6 is 15.9 Å². The summed E-state index contributed by atoms with van der Waals surface area (Å²) in [5.41, 5.74) is 1.76. The van der Waals surface area contributed by atoms with E-state index < -0.39 is 10.0 Å². The number of carbonyl (C=O) groups excluding carboxylic acids is 1. The predicted octanol–water partition coefficient (Wildman–Crippen LogP) is 4.20. The molecule has 2 aromatic rings. The fourth-order valence-electron chi connectivity index (χ4n) is 3.36. The third kappa shape index (κ3) is 5.38. The summed E-state index contributed by atoms with van der Waals surface area (Å²) in [4.78, 5) is 14.7. The Hall–Kier alpha value is -1.90. The van der Waals surface area contributed by atoms with Crippen LogP contribution in [0.15, 0.2) is 51.8 Å². The first-order chi connectivity index (χ1) is 13.8. The van der Waals surface area contributed by atoms with E-state index in [1.54, 1.807) is 29.2 Å². The van der Waals surface area contributed by atoms with E-state index in [-0.39, 0.29) is 16.9 Å². The lowest BCUT2D eigenvalue weighted by molar-refractivity contribution is 0.0146. The number of carbonyl (C=O) groups is 1. The van der Waals surface area contributed by atoms with Crippen LogP contribution in [0.5, 0.6) is 0 Å². The average Bonchev–Trinajstić information content (AvgIpc) is 2.71. The van der Waals surface area contributed by atoms with E-state index >= 15 is 0 Å². The maximum absolute atomic E-state index is 12.9. The first kappa shape index (κ1) is 21.8. The highest BCUT2D eigenvalue weighted by molar-refractivity contribution is 9.10. The summed E-state index contributed by atoms with van der Waals surface area (Å²) in [6, 6.07) is 11.6. The summed E-state index contributed by atoms with van der Waals surface area (Å²) in [5, 5.41) is 0. The maximum atomic E-state index is 12.9. The van der Waals surface area contributed by atoms with Crippen LogP contribution in [0.4, 0.5) is 5.69 Å². The van der Waals surface area contributed by atoms with Crippen molar-refractivity contribution in [1.82, 2.24) is 4.90 Å². The summed E-state index contributed by atoms with van der Waals surface area (Å²) in [7, 11) is -3.83. The molecule has 2 aromatic carbocycles. The van der Waals surface area contributed by atoms with Crippen LogP contribution < -0.4 is 4.72 Å². The first-order valence-corrected chi connectivity index (χ1v) is 11.9. The van der Waals surface area contributed by atoms with Crippen molar-refractivity contribution in [3.8, 4) is 0 Å². The van der Waals surface area contributed by atoms with Gasteiger partial charge in [-0.2, -0.15) is 0 Å². The molecule has 1 saturated heterocycles. The Bertz CT molecular complexity index is 986. The normalized spacial score (nSPS) is 15.3. The third-order valence-electron chi connectivity index (χ3n) is 4.89. The van der Waals surface area contributed by atoms with Gasteiger partial charge in [-0.3, -0.25) is 9.52 Å². The molecule has 0 spiro atoms. The lowest BCUT2D eigenvalue weighted by atomic mass is 10.1. The van der Waals surface area contributed by atoms with Gasteiger partial charge in [0.1, 0.15) is 0 Å². The molecule has 1 aliphatic heterocycles. The SMILES string of the molecule is CCOC1CCN(C(=O)c2cccc(S(=O)(=O)Nc3cc(C)ccc3Br)c2)CC1. The fraction of sp³-hybridized carbons (Fsp3) is 0.381. The van der Waals surface area contributed by atoms with Crippen LogP contribution in [-0.2, 0) is 14.8 Å². The smallest absolute Gasteiger partial charge is 0.261 e. The van der Waals surface area contributed by atoms with E-state index in [1.807, 2.05) is 19.9 Å². The predicted molar refractivity (Wildman–Crippen MR) is 117 cm³/mol. The number of halogens is 1. The molecule has 0 radical (unpaired) electrons. The third-order valence-corrected chi connectivity index (χ3v) is 6.94. The van der Waals surface area contributed by atoms with Gasteiger partial charge < -0.3 is 9.64 Å². The quantitative estimate of drug-likeness (QED) is 0.671. The average molecular weight is 481 g/mol. The molecule has 0 bridgehead atoms. The lowest BCUT2D eigenvalue weighted by Crippen LogP contribution is -2.40. The molecule has 0 unspecified atom stereocenters. The summed E-state index contributed by atoms with van der Waals surface area (Å²) < 4.78 is 34.6. The summed E-state index contributed by atoms with van der Waals surface area (Å²) in [6.07, 6.45) is 1.77. The van der Waals surface area contributed by atoms with Crippen LogP contribution in [0.3, 0.4) is 0 Å². The van der Waals surface area contributed by atoms with Gasteiger partial charge in [0, 0.05) is 29.7 Å². The Morgan fingerprint density at radius 2 is 1.93 bits per heavy atom. The number of nitrogens with zero attached hydrogens (tertiary/aromatic N) is 1. The molecule has 8 heteroatoms. The monoisotopic (exact) mass is 480 g/mol. The van der Waals surface area contributed by atoms with Gasteiger partial charge in [-0.1, -0.05) is 12.1 Å². The van der Waals surface area contributed by atoms with Crippen molar-refractivity contribution in [3.63, 3.8) is 0 Å². The Morgan fingerprint density at radius 3 is 2.62 bits per heavy atom. The van der Waals surface area contributed by atoms with E-state index in [2.05, 4.69) is 20.7 Å². The first-order valence-electron chi connectivity index (χ1n) is 9.60. The molecule has 6 nitrogen and oxygen atoms in total. The molecule has 1 amide bonds. The highest BCUT2D eigenvalue weighted by atomic mass is 79.9. The number of hydrogen-bond donors (Lipinski definition) is 1. The Morgan fingerprint density at radius 1 is 1.21 bits per heavy atom. The maximum Gasteiger partial charge on any atom is 0.261 e. The number of ether oxygens (including phenoxy) is 1. The number of benzene rings is 2. The van der Waals surface area contributed by atoms with Crippen molar-refractivity contribution >= 4 is 37.5 Å². The molecular weight excluding hydrogens is 456 g/mol. The van der Waals surface area contributed by atoms with Crippen LogP contribution in [0.1, 0.15) is 35.7 Å². The van der Waals surface area contributed by atoms with Crippen LogP contribution in [0.2, 0.25) is 0 Å². The second kappa shape index (κ2) is 9.28. The van der Waals surface area contributed by atoms with Crippen molar-refractivity contribution in [2.24, 2.45) is 0 Å². The van der Waals surface area contributed by atoms with Crippen molar-refractivity contribution in [1.29, 1.82) is 0 Å². The second-order valence-electron chi connectivity index (χ2n) is 7.06. The van der Waals surface area contributed by atoms with Gasteiger partial charge in [-0.25, -0.2) is 8.42 Å². The lowest BCUT2D eigenvalue weighted by Gasteiger charge is -2.31. The van der Waals surface area contributed by atoms with E-state index in [0.29, 0.717) is 35.4 Å². The van der Waals surface area contributed by atoms with E-state index in [4.69, 9.17) is 4.74 Å². The van der Waals surface area contributed by atoms with E-state index in [9.17, 15) is 13.2 Å². The molecule has 0 saturated carbocycles. The van der Waals surface area contributed by atoms with E-state index in [0.717, 1.165) is 18.4 Å². The Kier molecular flexibility index (Phi) is 6.97. The fourth-order valence-corrected chi connectivity index (χ4v) is 4.95. The minimum atomic E-state index is -3.83. The number of anilines is 1. The van der Waals surface area contributed by atoms with Gasteiger partial charge in [-0.05, 0) is 78.5 Å². The molecule has 0 aliphatic carbocycles. The molecule has 1 fully saturated rings. The zero-order chi connectivity index (χ0) is 21.0. The minimum Gasteiger partial charge on any atom is -0.378 e. The minimum absolute atomic E-state index is 0.0564. The topological polar surface area (TPSA) is 75.7 Å². The highest BCUT2D eigenvalue weighted by Crippen LogP contribution is 2.26. The van der Waals surface area contributed by atoms with Crippen molar-refractivity contribution in [2.45, 2.75) is 37.7 Å². The van der Waals surface area contributed by atoms with Gasteiger partial charge in [0.25, 0.3) is 15.9 Å². The number of likely N-dealkylation sites (tertiary alicyclic amines) is 1. The van der Waals surface area contributed by atoms with Crippen LogP contribution in [0, 0.1) is 6.92 Å². The number of amides is 1. The number of hydrogen-bond acceptors (Lipinski definition) is 4. The Balaban J connectivity index is 1.76. The largest absolute Gasteiger partial charge is 0.378 e. The highest BCUT2D eigenvalue weighted by Gasteiger charge is 2.25. The molecule has 29 heavy (non-hydrogen) atoms. The molecule has 3 rings (SSSR count). The molecule has 0 aromatic heterocycles. The van der Waals surface area contributed by atoms with Crippen molar-refractivity contribution < 1.29 is 17.9 Å². The number of rotatable bonds is 6. The molecule has 1 aliphatic rings. The summed E-state index contributed by atoms with van der Waals surface area (Å²) in [5.74, 6) is -0.159. The number of nitrogens with one attached hydrogen (secondary N) is 1. The molecule has 0 atom stereocenters. The summed E-state index contributed by atoms with van der Waals surface area (Å²) >= 11 is 3.36. The number of sulfonamides is 1. The summed E-state index contributed by atoms with van der Waals surface area (Å²) in [6.45, 7) is 5.73. The molecule has 1 heterocycles. The van der Waals surface area contributed by atoms with Gasteiger partial charge in [0.15, 0.2) is 0 Å². The van der Waals surface area contributed by atoms with E-state index in [1.165, 1.54) is 12.1 Å². The van der Waals surface area contributed by atoms with Crippen molar-refractivity contribution in [2.75, 3.05) is 24.4 Å². The Labute approximate surface area is 180 Å². The molecule has 156 valence electrons.